The average Bonchev–Trinajstić information content (AvgIpc) is 2.53. The number of nitrogens with two attached hydrogens (primary N) is 1. The highest BCUT2D eigenvalue weighted by Gasteiger charge is 2.27. The number of para-hydroxylation sites is 1. The molecule has 1 aliphatic carbocycles. The van der Waals surface area contributed by atoms with E-state index in [1.165, 1.54) is 43.1 Å². The second-order valence-electron chi connectivity index (χ2n) is 6.15. The van der Waals surface area contributed by atoms with Gasteiger partial charge in [0.2, 0.25) is 0 Å². The first-order chi connectivity index (χ1) is 9.79. The van der Waals surface area contributed by atoms with Gasteiger partial charge in [0.25, 0.3) is 0 Å². The fourth-order valence-corrected chi connectivity index (χ4v) is 3.68. The maximum Gasteiger partial charge on any atom is 0.0749 e. The highest BCUT2D eigenvalue weighted by atomic mass is 14.7. The Morgan fingerprint density at radius 2 is 2.10 bits per heavy atom. The van der Waals surface area contributed by atoms with E-state index in [0.717, 1.165) is 11.4 Å². The van der Waals surface area contributed by atoms with Gasteiger partial charge in [0.05, 0.1) is 5.52 Å². The molecule has 1 fully saturated rings. The fourth-order valence-electron chi connectivity index (χ4n) is 3.68. The summed E-state index contributed by atoms with van der Waals surface area (Å²) < 4.78 is 0. The fraction of sp³-hybridized carbons (Fsp3) is 0.500. The van der Waals surface area contributed by atoms with Gasteiger partial charge in [0, 0.05) is 17.6 Å². The average molecular weight is 268 g/mol. The minimum atomic E-state index is 0.128. The van der Waals surface area contributed by atoms with Crippen molar-refractivity contribution in [1.82, 2.24) is 4.98 Å². The first kappa shape index (κ1) is 13.6. The molecule has 20 heavy (non-hydrogen) atoms. The van der Waals surface area contributed by atoms with E-state index in [2.05, 4.69) is 36.2 Å². The summed E-state index contributed by atoms with van der Waals surface area (Å²) in [6.07, 6.45) is 8.41. The first-order valence-corrected chi connectivity index (χ1v) is 7.88. The van der Waals surface area contributed by atoms with Crippen LogP contribution < -0.4 is 5.73 Å². The van der Waals surface area contributed by atoms with Crippen LogP contribution in [0.1, 0.15) is 50.6 Å². The van der Waals surface area contributed by atoms with E-state index in [9.17, 15) is 0 Å². The summed E-state index contributed by atoms with van der Waals surface area (Å²) in [5, 5.41) is 1.20. The summed E-state index contributed by atoms with van der Waals surface area (Å²) in [7, 11) is 0. The molecule has 1 aromatic carbocycles. The summed E-state index contributed by atoms with van der Waals surface area (Å²) >= 11 is 0. The zero-order valence-corrected chi connectivity index (χ0v) is 12.3. The molecule has 2 aromatic rings. The van der Waals surface area contributed by atoms with Crippen LogP contribution in [0.3, 0.4) is 0 Å². The Morgan fingerprint density at radius 1 is 1.25 bits per heavy atom. The Hall–Kier alpha value is -1.41. The van der Waals surface area contributed by atoms with E-state index >= 15 is 0 Å². The molecule has 3 rings (SSSR count). The van der Waals surface area contributed by atoms with Gasteiger partial charge < -0.3 is 5.73 Å². The Kier molecular flexibility index (Phi) is 4.02. The molecule has 2 N–H and O–H groups in total. The molecule has 1 aromatic heterocycles. The molecule has 1 aliphatic rings. The smallest absolute Gasteiger partial charge is 0.0749 e. The Morgan fingerprint density at radius 3 is 2.95 bits per heavy atom. The molecule has 1 heterocycles. The number of hydrogen-bond acceptors (Lipinski definition) is 2. The van der Waals surface area contributed by atoms with Gasteiger partial charge in [0.1, 0.15) is 0 Å². The summed E-state index contributed by atoms with van der Waals surface area (Å²) in [4.78, 5) is 4.56. The van der Waals surface area contributed by atoms with Gasteiger partial charge in [-0.15, -0.1) is 0 Å². The lowest BCUT2D eigenvalue weighted by atomic mass is 9.75. The van der Waals surface area contributed by atoms with Crippen molar-refractivity contribution in [2.24, 2.45) is 17.6 Å². The van der Waals surface area contributed by atoms with Gasteiger partial charge in [-0.3, -0.25) is 4.98 Å². The molecule has 2 nitrogen and oxygen atoms in total. The zero-order valence-electron chi connectivity index (χ0n) is 12.3. The van der Waals surface area contributed by atoms with Crippen molar-refractivity contribution in [3.63, 3.8) is 0 Å². The predicted molar refractivity (Wildman–Crippen MR) is 84.4 cm³/mol. The van der Waals surface area contributed by atoms with Gasteiger partial charge in [-0.2, -0.15) is 0 Å². The maximum absolute atomic E-state index is 6.61. The molecule has 0 amide bonds. The summed E-state index contributed by atoms with van der Waals surface area (Å²) in [5.41, 5.74) is 8.92. The van der Waals surface area contributed by atoms with Gasteiger partial charge in [-0.25, -0.2) is 0 Å². The minimum absolute atomic E-state index is 0.128. The minimum Gasteiger partial charge on any atom is -0.324 e. The molecule has 106 valence electrons. The van der Waals surface area contributed by atoms with Crippen molar-refractivity contribution in [3.8, 4) is 0 Å². The van der Waals surface area contributed by atoms with E-state index in [0.29, 0.717) is 5.92 Å². The Labute approximate surface area is 121 Å². The first-order valence-electron chi connectivity index (χ1n) is 7.88. The van der Waals surface area contributed by atoms with Crippen LogP contribution in [0.2, 0.25) is 0 Å². The normalized spacial score (nSPS) is 24.7. The lowest BCUT2D eigenvalue weighted by Gasteiger charge is -2.32. The highest BCUT2D eigenvalue weighted by Crippen LogP contribution is 2.38. The largest absolute Gasteiger partial charge is 0.324 e. The van der Waals surface area contributed by atoms with Crippen molar-refractivity contribution in [3.05, 3.63) is 42.1 Å². The number of nitrogens with zero attached hydrogens (tertiary/aromatic N) is 1. The number of aromatic nitrogens is 1. The van der Waals surface area contributed by atoms with Gasteiger partial charge in [-0.05, 0) is 36.3 Å². The van der Waals surface area contributed by atoms with Crippen molar-refractivity contribution in [1.29, 1.82) is 0 Å². The molecule has 0 radical (unpaired) electrons. The van der Waals surface area contributed by atoms with Crippen molar-refractivity contribution < 1.29 is 0 Å². The predicted octanol–water partition coefficient (Wildman–Crippen LogP) is 4.45. The van der Waals surface area contributed by atoms with Crippen LogP contribution in [-0.4, -0.2) is 4.98 Å². The third-order valence-corrected chi connectivity index (χ3v) is 4.93. The van der Waals surface area contributed by atoms with Crippen LogP contribution in [0, 0.1) is 11.8 Å². The van der Waals surface area contributed by atoms with E-state index in [4.69, 9.17) is 5.73 Å². The molecule has 3 atom stereocenters. The van der Waals surface area contributed by atoms with E-state index in [1.54, 1.807) is 0 Å². The lowest BCUT2D eigenvalue weighted by Crippen LogP contribution is -2.27. The summed E-state index contributed by atoms with van der Waals surface area (Å²) in [5.74, 6) is 1.48. The molecule has 0 saturated heterocycles. The molecular weight excluding hydrogens is 244 g/mol. The highest BCUT2D eigenvalue weighted by molar-refractivity contribution is 5.82. The number of hydrogen-bond donors (Lipinski definition) is 1. The second-order valence-corrected chi connectivity index (χ2v) is 6.15. The Bertz CT molecular complexity index is 573. The molecular formula is C18H24N2. The standard InChI is InChI=1S/C18H24N2/c1-2-13-6-3-8-15(12-13)17(19)16-10-4-7-14-9-5-11-20-18(14)16/h4-5,7,9-11,13,15,17H,2-3,6,8,12,19H2,1H3. The lowest BCUT2D eigenvalue weighted by molar-refractivity contribution is 0.231. The molecule has 2 heteroatoms. The van der Waals surface area contributed by atoms with Crippen molar-refractivity contribution in [2.45, 2.75) is 45.1 Å². The van der Waals surface area contributed by atoms with Crippen LogP contribution in [0.5, 0.6) is 0 Å². The number of rotatable bonds is 3. The molecule has 0 aliphatic heterocycles. The van der Waals surface area contributed by atoms with Gasteiger partial charge >= 0.3 is 0 Å². The van der Waals surface area contributed by atoms with Crippen LogP contribution in [0.4, 0.5) is 0 Å². The van der Waals surface area contributed by atoms with Crippen LogP contribution in [0.15, 0.2) is 36.5 Å². The third-order valence-electron chi connectivity index (χ3n) is 4.93. The topological polar surface area (TPSA) is 38.9 Å². The van der Waals surface area contributed by atoms with Crippen LogP contribution >= 0.6 is 0 Å². The number of benzene rings is 1. The van der Waals surface area contributed by atoms with E-state index in [-0.39, 0.29) is 6.04 Å². The van der Waals surface area contributed by atoms with Gasteiger partial charge in [-0.1, -0.05) is 50.5 Å². The van der Waals surface area contributed by atoms with Crippen LogP contribution in [0.25, 0.3) is 10.9 Å². The van der Waals surface area contributed by atoms with Gasteiger partial charge in [0.15, 0.2) is 0 Å². The SMILES string of the molecule is CCC1CCCC(C(N)c2cccc3cccnc23)C1. The van der Waals surface area contributed by atoms with E-state index < -0.39 is 0 Å². The molecule has 0 bridgehead atoms. The monoisotopic (exact) mass is 268 g/mol. The van der Waals surface area contributed by atoms with Crippen molar-refractivity contribution in [2.75, 3.05) is 0 Å². The molecule has 0 spiro atoms. The summed E-state index contributed by atoms with van der Waals surface area (Å²) in [6.45, 7) is 2.30. The Balaban J connectivity index is 1.90. The quantitative estimate of drug-likeness (QED) is 0.893. The molecule has 3 unspecified atom stereocenters. The number of fused-ring (bicyclic) bond motifs is 1. The molecule has 1 saturated carbocycles. The van der Waals surface area contributed by atoms with Crippen molar-refractivity contribution >= 4 is 10.9 Å². The second kappa shape index (κ2) is 5.92. The summed E-state index contributed by atoms with van der Waals surface area (Å²) in [6, 6.07) is 10.6. The zero-order chi connectivity index (χ0) is 13.9. The maximum atomic E-state index is 6.61. The third kappa shape index (κ3) is 2.57. The van der Waals surface area contributed by atoms with Crippen LogP contribution in [-0.2, 0) is 0 Å². The van der Waals surface area contributed by atoms with E-state index in [1.807, 2.05) is 12.3 Å². The number of pyridine rings is 1.